The highest BCUT2D eigenvalue weighted by Crippen LogP contribution is 2.18. The molecular weight excluding hydrogens is 231 g/mol. The van der Waals surface area contributed by atoms with E-state index in [1.54, 1.807) is 6.07 Å². The van der Waals surface area contributed by atoms with Crippen molar-refractivity contribution in [2.75, 3.05) is 0 Å². The molecule has 0 N–H and O–H groups in total. The normalized spacial score (nSPS) is 10.4. The van der Waals surface area contributed by atoms with Crippen molar-refractivity contribution in [1.29, 1.82) is 5.26 Å². The average Bonchev–Trinajstić information content (AvgIpc) is 2.81. The van der Waals surface area contributed by atoms with Gasteiger partial charge in [-0.05, 0) is 30.3 Å². The predicted octanol–water partition coefficient (Wildman–Crippen LogP) is 2.43. The number of para-hydroxylation sites is 1. The van der Waals surface area contributed by atoms with E-state index >= 15 is 0 Å². The molecule has 0 atom stereocenters. The fraction of sp³-hybridized carbons (Fsp3) is 0. The van der Waals surface area contributed by atoms with E-state index in [9.17, 15) is 4.39 Å². The van der Waals surface area contributed by atoms with Crippen LogP contribution in [-0.4, -0.2) is 15.0 Å². The van der Waals surface area contributed by atoms with Gasteiger partial charge in [0.2, 0.25) is 0 Å². The van der Waals surface area contributed by atoms with Crippen LogP contribution >= 0.6 is 0 Å². The van der Waals surface area contributed by atoms with Crippen molar-refractivity contribution in [1.82, 2.24) is 15.0 Å². The quantitative estimate of drug-likeness (QED) is 0.654. The summed E-state index contributed by atoms with van der Waals surface area (Å²) < 4.78 is 14.9. The summed E-state index contributed by atoms with van der Waals surface area (Å²) in [7, 11) is 0. The van der Waals surface area contributed by atoms with Crippen molar-refractivity contribution in [2.24, 2.45) is 0 Å². The lowest BCUT2D eigenvalue weighted by atomic mass is 10.2. The SMILES string of the molecule is N#Cc1cc(F)cc(-n2nnc3ccccc32)c1. The van der Waals surface area contributed by atoms with Crippen LogP contribution in [0.3, 0.4) is 0 Å². The Balaban J connectivity index is 2.27. The summed E-state index contributed by atoms with van der Waals surface area (Å²) in [6.07, 6.45) is 0. The summed E-state index contributed by atoms with van der Waals surface area (Å²) in [6, 6.07) is 13.4. The Labute approximate surface area is 102 Å². The largest absolute Gasteiger partial charge is 0.213 e. The molecule has 18 heavy (non-hydrogen) atoms. The monoisotopic (exact) mass is 238 g/mol. The Morgan fingerprint density at radius 3 is 2.83 bits per heavy atom. The third-order valence-corrected chi connectivity index (χ3v) is 2.61. The molecule has 3 aromatic rings. The minimum Gasteiger partial charge on any atom is -0.213 e. The van der Waals surface area contributed by atoms with Crippen LogP contribution in [0.5, 0.6) is 0 Å². The summed E-state index contributed by atoms with van der Waals surface area (Å²) in [5.74, 6) is -0.469. The van der Waals surface area contributed by atoms with Gasteiger partial charge in [0.15, 0.2) is 0 Å². The number of nitrogens with zero attached hydrogens (tertiary/aromatic N) is 4. The van der Waals surface area contributed by atoms with Gasteiger partial charge in [-0.2, -0.15) is 5.26 Å². The first-order chi connectivity index (χ1) is 8.78. The van der Waals surface area contributed by atoms with Gasteiger partial charge < -0.3 is 0 Å². The van der Waals surface area contributed by atoms with Gasteiger partial charge in [-0.3, -0.25) is 0 Å². The van der Waals surface area contributed by atoms with E-state index in [1.807, 2.05) is 30.3 Å². The summed E-state index contributed by atoms with van der Waals surface area (Å²) in [4.78, 5) is 0. The van der Waals surface area contributed by atoms with Crippen LogP contribution in [0.25, 0.3) is 16.7 Å². The number of nitriles is 1. The van der Waals surface area contributed by atoms with Crippen molar-refractivity contribution >= 4 is 11.0 Å². The molecule has 2 aromatic carbocycles. The summed E-state index contributed by atoms with van der Waals surface area (Å²) in [5.41, 5.74) is 2.23. The van der Waals surface area contributed by atoms with Crippen LogP contribution in [0.15, 0.2) is 42.5 Å². The molecule has 0 aliphatic rings. The fourth-order valence-electron chi connectivity index (χ4n) is 1.82. The Morgan fingerprint density at radius 2 is 2.00 bits per heavy atom. The Kier molecular flexibility index (Phi) is 2.27. The van der Waals surface area contributed by atoms with Crippen molar-refractivity contribution < 1.29 is 4.39 Å². The lowest BCUT2D eigenvalue weighted by Gasteiger charge is -2.02. The molecule has 1 heterocycles. The lowest BCUT2D eigenvalue weighted by Crippen LogP contribution is -1.98. The topological polar surface area (TPSA) is 54.5 Å². The van der Waals surface area contributed by atoms with Crippen molar-refractivity contribution in [2.45, 2.75) is 0 Å². The zero-order chi connectivity index (χ0) is 12.5. The second kappa shape index (κ2) is 3.93. The molecule has 3 rings (SSSR count). The molecule has 1 aromatic heterocycles. The highest BCUT2D eigenvalue weighted by molar-refractivity contribution is 5.75. The van der Waals surface area contributed by atoms with E-state index in [-0.39, 0.29) is 5.56 Å². The van der Waals surface area contributed by atoms with Crippen LogP contribution in [0.2, 0.25) is 0 Å². The number of benzene rings is 2. The van der Waals surface area contributed by atoms with E-state index in [1.165, 1.54) is 16.8 Å². The van der Waals surface area contributed by atoms with Crippen molar-refractivity contribution in [3.63, 3.8) is 0 Å². The van der Waals surface area contributed by atoms with E-state index < -0.39 is 5.82 Å². The Hall–Kier alpha value is -2.74. The van der Waals surface area contributed by atoms with Crippen LogP contribution < -0.4 is 0 Å². The summed E-state index contributed by atoms with van der Waals surface area (Å²) in [5, 5.41) is 16.8. The fourth-order valence-corrected chi connectivity index (χ4v) is 1.82. The van der Waals surface area contributed by atoms with E-state index in [2.05, 4.69) is 10.3 Å². The Bertz CT molecular complexity index is 770. The zero-order valence-corrected chi connectivity index (χ0v) is 9.21. The first-order valence-electron chi connectivity index (χ1n) is 5.29. The minimum atomic E-state index is -0.469. The van der Waals surface area contributed by atoms with Crippen LogP contribution in [0, 0.1) is 17.1 Å². The van der Waals surface area contributed by atoms with Gasteiger partial charge in [0.05, 0.1) is 22.8 Å². The van der Waals surface area contributed by atoms with Crippen molar-refractivity contribution in [3.05, 3.63) is 53.8 Å². The molecule has 0 saturated heterocycles. The molecular formula is C13H7FN4. The van der Waals surface area contributed by atoms with Gasteiger partial charge in [0.25, 0.3) is 0 Å². The van der Waals surface area contributed by atoms with Crippen LogP contribution in [0.1, 0.15) is 5.56 Å². The van der Waals surface area contributed by atoms with E-state index in [4.69, 9.17) is 5.26 Å². The van der Waals surface area contributed by atoms with Gasteiger partial charge in [-0.15, -0.1) is 5.10 Å². The Morgan fingerprint density at radius 1 is 1.17 bits per heavy atom. The van der Waals surface area contributed by atoms with Gasteiger partial charge in [-0.25, -0.2) is 9.07 Å². The molecule has 86 valence electrons. The van der Waals surface area contributed by atoms with Crippen LogP contribution in [-0.2, 0) is 0 Å². The van der Waals surface area contributed by atoms with Gasteiger partial charge in [-0.1, -0.05) is 17.3 Å². The van der Waals surface area contributed by atoms with Gasteiger partial charge in [0.1, 0.15) is 11.3 Å². The van der Waals surface area contributed by atoms with Gasteiger partial charge in [0, 0.05) is 0 Å². The number of aromatic nitrogens is 3. The molecule has 0 fully saturated rings. The second-order valence-corrected chi connectivity index (χ2v) is 3.80. The van der Waals surface area contributed by atoms with Crippen LogP contribution in [0.4, 0.5) is 4.39 Å². The maximum atomic E-state index is 13.4. The first kappa shape index (κ1) is 10.4. The average molecular weight is 238 g/mol. The zero-order valence-electron chi connectivity index (χ0n) is 9.21. The highest BCUT2D eigenvalue weighted by atomic mass is 19.1. The molecule has 0 aliphatic carbocycles. The number of fused-ring (bicyclic) bond motifs is 1. The lowest BCUT2D eigenvalue weighted by molar-refractivity contribution is 0.624. The number of hydrogen-bond acceptors (Lipinski definition) is 3. The van der Waals surface area contributed by atoms with E-state index in [0.29, 0.717) is 5.69 Å². The maximum absolute atomic E-state index is 13.4. The smallest absolute Gasteiger partial charge is 0.126 e. The van der Waals surface area contributed by atoms with Gasteiger partial charge >= 0.3 is 0 Å². The molecule has 0 unspecified atom stereocenters. The summed E-state index contributed by atoms with van der Waals surface area (Å²) >= 11 is 0. The molecule has 0 saturated carbocycles. The summed E-state index contributed by atoms with van der Waals surface area (Å²) in [6.45, 7) is 0. The van der Waals surface area contributed by atoms with Crippen molar-refractivity contribution in [3.8, 4) is 11.8 Å². The third kappa shape index (κ3) is 1.60. The number of halogens is 1. The molecule has 0 spiro atoms. The predicted molar refractivity (Wildman–Crippen MR) is 63.5 cm³/mol. The molecule has 0 aliphatic heterocycles. The standard InChI is InChI=1S/C13H7FN4/c14-10-5-9(8-15)6-11(7-10)18-13-4-2-1-3-12(13)16-17-18/h1-7H. The molecule has 4 nitrogen and oxygen atoms in total. The first-order valence-corrected chi connectivity index (χ1v) is 5.29. The number of hydrogen-bond donors (Lipinski definition) is 0. The number of rotatable bonds is 1. The molecule has 0 bridgehead atoms. The third-order valence-electron chi connectivity index (χ3n) is 2.61. The molecule has 0 radical (unpaired) electrons. The second-order valence-electron chi connectivity index (χ2n) is 3.80. The molecule has 5 heteroatoms. The minimum absolute atomic E-state index is 0.254. The highest BCUT2D eigenvalue weighted by Gasteiger charge is 2.08. The molecule has 0 amide bonds. The van der Waals surface area contributed by atoms with E-state index in [0.717, 1.165) is 11.0 Å². The maximum Gasteiger partial charge on any atom is 0.126 e.